The zero-order chi connectivity index (χ0) is 19.8. The van der Waals surface area contributed by atoms with Crippen LogP contribution in [0.5, 0.6) is 5.75 Å². The number of benzene rings is 1. The van der Waals surface area contributed by atoms with Crippen LogP contribution in [-0.2, 0) is 14.3 Å². The van der Waals surface area contributed by atoms with Crippen LogP contribution in [0.4, 0.5) is 0 Å². The van der Waals surface area contributed by atoms with Crippen LogP contribution >= 0.6 is 0 Å². The molecule has 0 bridgehead atoms. The molecule has 1 saturated carbocycles. The van der Waals surface area contributed by atoms with Gasteiger partial charge in [0.25, 0.3) is 11.8 Å². The van der Waals surface area contributed by atoms with Crippen LogP contribution in [0.2, 0.25) is 0 Å². The molecule has 148 valence electrons. The molecule has 7 nitrogen and oxygen atoms in total. The highest BCUT2D eigenvalue weighted by atomic mass is 16.5. The number of hydrogen-bond acceptors (Lipinski definition) is 5. The van der Waals surface area contributed by atoms with Gasteiger partial charge in [0.05, 0.1) is 13.0 Å². The maximum Gasteiger partial charge on any atom is 0.307 e. The Morgan fingerprint density at radius 1 is 1.19 bits per heavy atom. The average Bonchev–Trinajstić information content (AvgIpc) is 3.47. The van der Waals surface area contributed by atoms with Crippen molar-refractivity contribution in [3.05, 3.63) is 29.8 Å². The van der Waals surface area contributed by atoms with Crippen molar-refractivity contribution in [3.63, 3.8) is 0 Å². The third-order valence-corrected chi connectivity index (χ3v) is 4.30. The zero-order valence-corrected chi connectivity index (χ0v) is 16.3. The first-order chi connectivity index (χ1) is 12.9. The molecule has 1 fully saturated rings. The van der Waals surface area contributed by atoms with Crippen molar-refractivity contribution < 1.29 is 23.9 Å². The Morgan fingerprint density at radius 2 is 1.93 bits per heavy atom. The SMILES string of the molecule is CCOC(=O)CCN(CC1CC1)C(=O)c1cccc(OCC(=O)N(C)C)c1. The summed E-state index contributed by atoms with van der Waals surface area (Å²) in [5, 5.41) is 0. The molecule has 1 aromatic rings. The van der Waals surface area contributed by atoms with E-state index in [0.717, 1.165) is 12.8 Å². The van der Waals surface area contributed by atoms with Gasteiger partial charge in [0.15, 0.2) is 6.61 Å². The van der Waals surface area contributed by atoms with Gasteiger partial charge in [-0.3, -0.25) is 14.4 Å². The minimum Gasteiger partial charge on any atom is -0.484 e. The van der Waals surface area contributed by atoms with Crippen LogP contribution < -0.4 is 4.74 Å². The Bertz CT molecular complexity index is 670. The quantitative estimate of drug-likeness (QED) is 0.584. The van der Waals surface area contributed by atoms with E-state index in [9.17, 15) is 14.4 Å². The zero-order valence-electron chi connectivity index (χ0n) is 16.3. The summed E-state index contributed by atoms with van der Waals surface area (Å²) in [4.78, 5) is 39.4. The topological polar surface area (TPSA) is 76.1 Å². The van der Waals surface area contributed by atoms with Crippen LogP contribution in [0.1, 0.15) is 36.5 Å². The number of hydrogen-bond donors (Lipinski definition) is 0. The maximum atomic E-state index is 12.9. The summed E-state index contributed by atoms with van der Waals surface area (Å²) < 4.78 is 10.4. The van der Waals surface area contributed by atoms with Crippen LogP contribution in [0.3, 0.4) is 0 Å². The summed E-state index contributed by atoms with van der Waals surface area (Å²) in [7, 11) is 3.32. The molecule has 27 heavy (non-hydrogen) atoms. The summed E-state index contributed by atoms with van der Waals surface area (Å²) in [6.07, 6.45) is 2.40. The highest BCUT2D eigenvalue weighted by Crippen LogP contribution is 2.30. The van der Waals surface area contributed by atoms with E-state index >= 15 is 0 Å². The molecule has 1 aromatic carbocycles. The lowest BCUT2D eigenvalue weighted by molar-refractivity contribution is -0.143. The number of esters is 1. The molecular formula is C20H28N2O5. The average molecular weight is 376 g/mol. The monoisotopic (exact) mass is 376 g/mol. The van der Waals surface area contributed by atoms with Crippen LogP contribution in [0, 0.1) is 5.92 Å². The third kappa shape index (κ3) is 6.92. The summed E-state index contributed by atoms with van der Waals surface area (Å²) in [5.74, 6) is 0.374. The van der Waals surface area contributed by atoms with Gasteiger partial charge in [-0.2, -0.15) is 0 Å². The summed E-state index contributed by atoms with van der Waals surface area (Å²) >= 11 is 0. The number of amides is 2. The van der Waals surface area contributed by atoms with E-state index in [2.05, 4.69) is 0 Å². The highest BCUT2D eigenvalue weighted by molar-refractivity contribution is 5.94. The molecule has 1 aliphatic carbocycles. The van der Waals surface area contributed by atoms with E-state index in [4.69, 9.17) is 9.47 Å². The molecule has 2 amide bonds. The molecular weight excluding hydrogens is 348 g/mol. The Balaban J connectivity index is 2.01. The number of nitrogens with zero attached hydrogens (tertiary/aromatic N) is 2. The lowest BCUT2D eigenvalue weighted by Crippen LogP contribution is -2.35. The molecule has 0 atom stereocenters. The van der Waals surface area contributed by atoms with Crippen molar-refractivity contribution >= 4 is 17.8 Å². The van der Waals surface area contributed by atoms with E-state index in [0.29, 0.717) is 36.9 Å². The Morgan fingerprint density at radius 3 is 2.56 bits per heavy atom. The standard InChI is InChI=1S/C20H28N2O5/c1-4-26-19(24)10-11-22(13-15-8-9-15)20(25)16-6-5-7-17(12-16)27-14-18(23)21(2)3/h5-7,12,15H,4,8-11,13-14H2,1-3H3. The van der Waals surface area contributed by atoms with Gasteiger partial charge in [0.2, 0.25) is 0 Å². The third-order valence-electron chi connectivity index (χ3n) is 4.30. The number of ether oxygens (including phenoxy) is 2. The molecule has 0 N–H and O–H groups in total. The van der Waals surface area contributed by atoms with Gasteiger partial charge in [-0.15, -0.1) is 0 Å². The molecule has 7 heteroatoms. The van der Waals surface area contributed by atoms with Gasteiger partial charge in [-0.1, -0.05) is 6.07 Å². The fraction of sp³-hybridized carbons (Fsp3) is 0.550. The van der Waals surface area contributed by atoms with Crippen molar-refractivity contribution in [3.8, 4) is 5.75 Å². The van der Waals surface area contributed by atoms with Gasteiger partial charge in [-0.25, -0.2) is 0 Å². The molecule has 0 radical (unpaired) electrons. The number of rotatable bonds is 10. The molecule has 1 aliphatic rings. The Labute approximate surface area is 160 Å². The van der Waals surface area contributed by atoms with Crippen molar-refractivity contribution in [1.29, 1.82) is 0 Å². The Hall–Kier alpha value is -2.57. The van der Waals surface area contributed by atoms with Gasteiger partial charge < -0.3 is 19.3 Å². The first kappa shape index (κ1) is 20.7. The molecule has 2 rings (SSSR count). The van der Waals surface area contributed by atoms with Crippen LogP contribution in [0.25, 0.3) is 0 Å². The van der Waals surface area contributed by atoms with E-state index in [1.807, 2.05) is 0 Å². The largest absolute Gasteiger partial charge is 0.484 e. The highest BCUT2D eigenvalue weighted by Gasteiger charge is 2.27. The lowest BCUT2D eigenvalue weighted by Gasteiger charge is -2.22. The number of carbonyl (C=O) groups excluding carboxylic acids is 3. The fourth-order valence-electron chi connectivity index (χ4n) is 2.52. The minimum atomic E-state index is -0.301. The second-order valence-corrected chi connectivity index (χ2v) is 6.85. The fourth-order valence-corrected chi connectivity index (χ4v) is 2.52. The predicted octanol–water partition coefficient (Wildman–Crippen LogP) is 1.96. The molecule has 0 unspecified atom stereocenters. The molecule has 0 aliphatic heterocycles. The minimum absolute atomic E-state index is 0.0840. The summed E-state index contributed by atoms with van der Waals surface area (Å²) in [6, 6.07) is 6.79. The second kappa shape index (κ2) is 9.94. The van der Waals surface area contributed by atoms with E-state index < -0.39 is 0 Å². The van der Waals surface area contributed by atoms with E-state index in [1.165, 1.54) is 4.90 Å². The molecule has 0 heterocycles. The second-order valence-electron chi connectivity index (χ2n) is 6.85. The summed E-state index contributed by atoms with van der Waals surface area (Å²) in [5.41, 5.74) is 0.481. The van der Waals surface area contributed by atoms with Gasteiger partial charge in [0, 0.05) is 32.7 Å². The first-order valence-corrected chi connectivity index (χ1v) is 9.28. The molecule has 0 saturated heterocycles. The van der Waals surface area contributed by atoms with Gasteiger partial charge in [0.1, 0.15) is 5.75 Å². The van der Waals surface area contributed by atoms with Crippen molar-refractivity contribution in [1.82, 2.24) is 9.80 Å². The van der Waals surface area contributed by atoms with Gasteiger partial charge >= 0.3 is 5.97 Å². The first-order valence-electron chi connectivity index (χ1n) is 9.28. The maximum absolute atomic E-state index is 12.9. The van der Waals surface area contributed by atoms with E-state index in [-0.39, 0.29) is 30.8 Å². The van der Waals surface area contributed by atoms with Crippen molar-refractivity contribution in [2.45, 2.75) is 26.2 Å². The lowest BCUT2D eigenvalue weighted by atomic mass is 10.1. The van der Waals surface area contributed by atoms with E-state index in [1.54, 1.807) is 50.2 Å². The number of carbonyl (C=O) groups is 3. The van der Waals surface area contributed by atoms with Crippen LogP contribution in [-0.4, -0.2) is 68.0 Å². The normalized spacial score (nSPS) is 13.0. The molecule has 0 aromatic heterocycles. The van der Waals surface area contributed by atoms with Gasteiger partial charge in [-0.05, 0) is 43.9 Å². The summed E-state index contributed by atoms with van der Waals surface area (Å²) in [6.45, 7) is 2.98. The predicted molar refractivity (Wildman–Crippen MR) is 101 cm³/mol. The number of likely N-dealkylation sites (N-methyl/N-ethyl adjacent to an activating group) is 1. The molecule has 0 spiro atoms. The smallest absolute Gasteiger partial charge is 0.307 e. The Kier molecular flexibility index (Phi) is 7.64. The van der Waals surface area contributed by atoms with Crippen LogP contribution in [0.15, 0.2) is 24.3 Å². The van der Waals surface area contributed by atoms with Crippen molar-refractivity contribution in [2.75, 3.05) is 40.4 Å². The van der Waals surface area contributed by atoms with Crippen molar-refractivity contribution in [2.24, 2.45) is 5.92 Å².